The summed E-state index contributed by atoms with van der Waals surface area (Å²) in [4.78, 5) is 49.4. The lowest BCUT2D eigenvalue weighted by molar-refractivity contribution is 0.0694. The van der Waals surface area contributed by atoms with Crippen molar-refractivity contribution in [2.24, 2.45) is 10.2 Å². The molecular formula is C26H26ClN5O13S3. The van der Waals surface area contributed by atoms with Crippen LogP contribution in [0.3, 0.4) is 0 Å². The van der Waals surface area contributed by atoms with Gasteiger partial charge in [-0.25, -0.2) is 25.8 Å². The molecule has 0 heterocycles. The molecule has 3 aromatic rings. The van der Waals surface area contributed by atoms with Gasteiger partial charge >= 0.3 is 16.4 Å². The van der Waals surface area contributed by atoms with Crippen LogP contribution < -0.4 is 37.7 Å². The first kappa shape index (κ1) is 37.9. The normalized spacial score (nSPS) is 12.9. The fourth-order valence-electron chi connectivity index (χ4n) is 3.68. The summed E-state index contributed by atoms with van der Waals surface area (Å²) >= 11 is 5.44. The Kier molecular flexibility index (Phi) is 12.7. The molecule has 3 rings (SSSR count). The van der Waals surface area contributed by atoms with Gasteiger partial charge in [-0.05, 0) is 48.5 Å². The monoisotopic (exact) mass is 747 g/mol. The van der Waals surface area contributed by atoms with Gasteiger partial charge < -0.3 is 10.4 Å². The lowest BCUT2D eigenvalue weighted by Crippen LogP contribution is -2.50. The average molecular weight is 748 g/mol. The van der Waals surface area contributed by atoms with E-state index in [1.807, 2.05) is 0 Å². The van der Waals surface area contributed by atoms with Crippen LogP contribution in [0.25, 0.3) is 0 Å². The second-order valence-corrected chi connectivity index (χ2v) is 15.3. The van der Waals surface area contributed by atoms with Crippen LogP contribution in [0.4, 0.5) is 11.4 Å². The van der Waals surface area contributed by atoms with E-state index in [1.165, 1.54) is 36.4 Å². The van der Waals surface area contributed by atoms with Crippen LogP contribution in [0.15, 0.2) is 79.3 Å². The Labute approximate surface area is 277 Å². The van der Waals surface area contributed by atoms with E-state index >= 15 is 0 Å². The number of carbonyl (C=O) groups excluding carboxylic acids is 1. The minimum absolute atomic E-state index is 0.0652. The van der Waals surface area contributed by atoms with Crippen LogP contribution in [0.5, 0.6) is 0 Å². The zero-order chi connectivity index (χ0) is 35.7. The highest BCUT2D eigenvalue weighted by Crippen LogP contribution is 2.16. The lowest BCUT2D eigenvalue weighted by atomic mass is 10.2. The van der Waals surface area contributed by atoms with Crippen LogP contribution in [0.1, 0.15) is 20.7 Å². The molecular weight excluding hydrogens is 722 g/mol. The number of aromatic carboxylic acids is 1. The summed E-state index contributed by atoms with van der Waals surface area (Å²) in [6.45, 7) is -0.974. The predicted molar refractivity (Wildman–Crippen MR) is 171 cm³/mol. The molecule has 0 fully saturated rings. The number of nitrogens with one attached hydrogen (secondary N) is 3. The fraction of sp³-hybridized carbons (Fsp3) is 0.231. The lowest BCUT2D eigenvalue weighted by Gasteiger charge is -2.06. The predicted octanol–water partition coefficient (Wildman–Crippen LogP) is -1.19. The summed E-state index contributed by atoms with van der Waals surface area (Å²) in [7, 11) is -12.3. The van der Waals surface area contributed by atoms with Gasteiger partial charge in [0, 0.05) is 24.1 Å². The molecule has 3 aromatic carbocycles. The summed E-state index contributed by atoms with van der Waals surface area (Å²) in [5, 5.41) is 18.1. The molecule has 0 aliphatic heterocycles. The van der Waals surface area contributed by atoms with Crippen molar-refractivity contribution in [1.82, 2.24) is 5.32 Å². The number of hydrogen-bond acceptors (Lipinski definition) is 15. The first-order valence-corrected chi connectivity index (χ1v) is 18.6. The van der Waals surface area contributed by atoms with Gasteiger partial charge in [0.1, 0.15) is 5.36 Å². The largest absolute Gasteiger partial charge is 0.478 e. The summed E-state index contributed by atoms with van der Waals surface area (Å²) in [6, 6.07) is 10.7. The summed E-state index contributed by atoms with van der Waals surface area (Å²) < 4.78 is 81.9. The number of alkyl halides is 1. The molecule has 0 saturated carbocycles. The third kappa shape index (κ3) is 11.0. The highest BCUT2D eigenvalue weighted by atomic mass is 35.5. The zero-order valence-corrected chi connectivity index (χ0v) is 27.5. The maximum Gasteiger partial charge on any atom is 0.397 e. The smallest absolute Gasteiger partial charge is 0.397 e. The van der Waals surface area contributed by atoms with Crippen LogP contribution in [-0.2, 0) is 34.3 Å². The highest BCUT2D eigenvalue weighted by molar-refractivity contribution is 7.91. The number of rotatable bonds is 16. The number of benzene rings is 3. The van der Waals surface area contributed by atoms with Gasteiger partial charge in [-0.2, -0.15) is 18.6 Å². The number of amides is 1. The maximum absolute atomic E-state index is 13.1. The van der Waals surface area contributed by atoms with Crippen molar-refractivity contribution in [3.05, 3.63) is 96.9 Å². The molecule has 0 bridgehead atoms. The minimum Gasteiger partial charge on any atom is -0.478 e. The van der Waals surface area contributed by atoms with E-state index in [2.05, 4.69) is 30.6 Å². The number of hydrogen-bond donors (Lipinski definition) is 5. The second kappa shape index (κ2) is 16.0. The first-order chi connectivity index (χ1) is 22.4. The number of carboxylic acid groups (broad SMARTS) is 1. The Morgan fingerprint density at radius 1 is 0.812 bits per heavy atom. The summed E-state index contributed by atoms with van der Waals surface area (Å²) in [6.07, 6.45) is 0. The Bertz CT molecular complexity index is 2240. The van der Waals surface area contributed by atoms with Gasteiger partial charge in [-0.1, -0.05) is 0 Å². The van der Waals surface area contributed by atoms with Gasteiger partial charge in [-0.15, -0.1) is 11.6 Å². The zero-order valence-electron chi connectivity index (χ0n) is 24.3. The molecule has 258 valence electrons. The molecule has 0 saturated heterocycles. The molecule has 0 aliphatic carbocycles. The van der Waals surface area contributed by atoms with Gasteiger partial charge in [0.2, 0.25) is 10.9 Å². The van der Waals surface area contributed by atoms with Crippen LogP contribution in [0.2, 0.25) is 0 Å². The molecule has 0 atom stereocenters. The van der Waals surface area contributed by atoms with E-state index in [1.54, 1.807) is 0 Å². The topological polar surface area (TPSA) is 281 Å². The molecule has 0 aromatic heterocycles. The number of halogens is 1. The number of sulfone groups is 2. The molecule has 5 N–H and O–H groups in total. The first-order valence-electron chi connectivity index (χ1n) is 13.2. The summed E-state index contributed by atoms with van der Waals surface area (Å²) in [5.74, 6) is -3.57. The molecule has 22 heteroatoms. The van der Waals surface area contributed by atoms with Crippen molar-refractivity contribution in [3.8, 4) is 0 Å². The molecule has 48 heavy (non-hydrogen) atoms. The van der Waals surface area contributed by atoms with Crippen molar-refractivity contribution in [2.75, 3.05) is 47.1 Å². The summed E-state index contributed by atoms with van der Waals surface area (Å²) in [5.41, 5.74) is 2.36. The number of carbonyl (C=O) groups is 2. The van der Waals surface area contributed by atoms with Crippen molar-refractivity contribution in [2.45, 2.75) is 4.90 Å². The number of nitrogens with zero attached hydrogens (tertiary/aromatic N) is 2. The van der Waals surface area contributed by atoms with E-state index in [9.17, 15) is 49.5 Å². The molecule has 0 unspecified atom stereocenters. The van der Waals surface area contributed by atoms with E-state index < -0.39 is 81.4 Å². The second-order valence-electron chi connectivity index (χ2n) is 9.47. The van der Waals surface area contributed by atoms with Crippen molar-refractivity contribution in [1.29, 1.82) is 0 Å². The molecule has 18 nitrogen and oxygen atoms in total. The molecule has 1 amide bonds. The van der Waals surface area contributed by atoms with Crippen molar-refractivity contribution >= 4 is 64.9 Å². The van der Waals surface area contributed by atoms with E-state index in [0.29, 0.717) is 6.07 Å². The quantitative estimate of drug-likeness (QED) is 0.0655. The van der Waals surface area contributed by atoms with Crippen LogP contribution in [0, 0.1) is 0 Å². The van der Waals surface area contributed by atoms with Crippen LogP contribution in [-0.4, -0.2) is 83.1 Å². The molecule has 0 spiro atoms. The Hall–Kier alpha value is -4.54. The van der Waals surface area contributed by atoms with Gasteiger partial charge in [0.15, 0.2) is 25.0 Å². The van der Waals surface area contributed by atoms with E-state index in [0.717, 1.165) is 12.1 Å². The Balaban J connectivity index is 1.79. The fourth-order valence-corrected chi connectivity index (χ4v) is 6.72. The number of anilines is 2. The minimum atomic E-state index is -4.83. The van der Waals surface area contributed by atoms with Gasteiger partial charge in [0.25, 0.3) is 5.91 Å². The highest BCUT2D eigenvalue weighted by Gasteiger charge is 2.17. The number of carboxylic acids is 1. The maximum atomic E-state index is 13.1. The third-order valence-corrected chi connectivity index (χ3v) is 10.3. The Morgan fingerprint density at radius 2 is 1.38 bits per heavy atom. The third-order valence-electron chi connectivity index (χ3n) is 6.05. The Morgan fingerprint density at radius 3 is 1.92 bits per heavy atom. The standard InChI is InChI=1S/C26H26ClN5O13S3/c27-9-12-46(38,39)13-10-28-25(35)16-1-3-17(4-2-16)30-32-23-21(33)15-20(26(36)37)22(24(23)34)31-29-18-5-7-19(8-6-18)47(40,41)14-11-45-48(42,43)44/h1-8,15,29-30H,9-14H2,(H,28,35)(H,36,37)(H,42,43,44). The van der Waals surface area contributed by atoms with E-state index in [-0.39, 0.29) is 45.8 Å². The van der Waals surface area contributed by atoms with Crippen LogP contribution >= 0.6 is 11.6 Å². The van der Waals surface area contributed by atoms with Crippen molar-refractivity contribution < 1.29 is 48.7 Å². The van der Waals surface area contributed by atoms with Gasteiger partial charge in [0.05, 0.1) is 45.7 Å². The average Bonchev–Trinajstić information content (AvgIpc) is 2.99. The van der Waals surface area contributed by atoms with E-state index in [4.69, 9.17) is 16.2 Å². The van der Waals surface area contributed by atoms with Crippen molar-refractivity contribution in [3.63, 3.8) is 0 Å². The SMILES string of the molecule is O=C(NCCS(=O)(=O)CCCl)c1ccc(NN=c2c(=O)cc(C(=O)O)c(=NNc3ccc(S(=O)(=O)CCOS(=O)(=O)O)cc3)c2=O)cc1. The molecule has 0 radical (unpaired) electrons. The van der Waals surface area contributed by atoms with Gasteiger partial charge in [-0.3, -0.25) is 29.8 Å². The molecule has 0 aliphatic rings.